The normalized spacial score (nSPS) is 16.0. The zero-order valence-electron chi connectivity index (χ0n) is 15.7. The van der Waals surface area contributed by atoms with E-state index in [2.05, 4.69) is 5.16 Å². The Kier molecular flexibility index (Phi) is 4.93. The number of fused-ring (bicyclic) bond motifs is 1. The molecule has 0 unspecified atom stereocenters. The number of hydrogen-bond acceptors (Lipinski definition) is 6. The zero-order valence-corrected chi connectivity index (χ0v) is 15.7. The summed E-state index contributed by atoms with van der Waals surface area (Å²) in [4.78, 5) is 5.05. The lowest BCUT2D eigenvalue weighted by Crippen LogP contribution is -2.33. The van der Waals surface area contributed by atoms with Crippen LogP contribution in [0.2, 0.25) is 0 Å². The standard InChI is InChI=1S/C20H23NO5/c1-20(2)19(21-24-5)16-14(26-20)11-15(22-3)17(23-4)18(16)25-12-13-9-7-6-8-10-13/h6-11H,12H2,1-5H3. The molecular formula is C20H23NO5. The van der Waals surface area contributed by atoms with Crippen LogP contribution < -0.4 is 18.9 Å². The van der Waals surface area contributed by atoms with Crippen molar-refractivity contribution >= 4 is 5.71 Å². The molecule has 6 heteroatoms. The third-order valence-corrected chi connectivity index (χ3v) is 4.17. The maximum absolute atomic E-state index is 6.15. The highest BCUT2D eigenvalue weighted by molar-refractivity contribution is 6.13. The van der Waals surface area contributed by atoms with Crippen LogP contribution in [-0.4, -0.2) is 32.6 Å². The van der Waals surface area contributed by atoms with Crippen LogP contribution in [0.3, 0.4) is 0 Å². The van der Waals surface area contributed by atoms with Gasteiger partial charge in [-0.1, -0.05) is 35.5 Å². The van der Waals surface area contributed by atoms with Gasteiger partial charge >= 0.3 is 0 Å². The highest BCUT2D eigenvalue weighted by Gasteiger charge is 2.43. The first kappa shape index (κ1) is 17.9. The molecule has 138 valence electrons. The Bertz CT molecular complexity index is 815. The molecule has 0 N–H and O–H groups in total. The maximum atomic E-state index is 6.15. The van der Waals surface area contributed by atoms with Gasteiger partial charge in [0.25, 0.3) is 0 Å². The van der Waals surface area contributed by atoms with Crippen LogP contribution in [0.4, 0.5) is 0 Å². The number of benzene rings is 2. The van der Waals surface area contributed by atoms with Crippen LogP contribution in [0.5, 0.6) is 23.0 Å². The van der Waals surface area contributed by atoms with Gasteiger partial charge in [0.05, 0.1) is 19.8 Å². The summed E-state index contributed by atoms with van der Waals surface area (Å²) in [5.74, 6) is 2.16. The van der Waals surface area contributed by atoms with Crippen LogP contribution >= 0.6 is 0 Å². The first-order chi connectivity index (χ1) is 12.5. The molecule has 0 aliphatic carbocycles. The number of methoxy groups -OCH3 is 2. The van der Waals surface area contributed by atoms with E-state index >= 15 is 0 Å². The quantitative estimate of drug-likeness (QED) is 0.736. The molecule has 0 saturated carbocycles. The number of oxime groups is 1. The van der Waals surface area contributed by atoms with E-state index in [0.29, 0.717) is 40.9 Å². The molecule has 0 saturated heterocycles. The van der Waals surface area contributed by atoms with Crippen molar-refractivity contribution in [3.8, 4) is 23.0 Å². The molecule has 1 heterocycles. The van der Waals surface area contributed by atoms with E-state index in [9.17, 15) is 0 Å². The van der Waals surface area contributed by atoms with Crippen LogP contribution in [0.15, 0.2) is 41.6 Å². The lowest BCUT2D eigenvalue weighted by atomic mass is 9.97. The van der Waals surface area contributed by atoms with Gasteiger partial charge in [-0.3, -0.25) is 0 Å². The van der Waals surface area contributed by atoms with Crippen molar-refractivity contribution in [1.29, 1.82) is 0 Å². The Hall–Kier alpha value is -2.89. The van der Waals surface area contributed by atoms with Crippen molar-refractivity contribution in [2.24, 2.45) is 5.16 Å². The molecule has 2 aromatic rings. The van der Waals surface area contributed by atoms with E-state index in [1.165, 1.54) is 7.11 Å². The van der Waals surface area contributed by atoms with Gasteiger partial charge in [0.1, 0.15) is 30.8 Å². The van der Waals surface area contributed by atoms with Crippen molar-refractivity contribution in [3.05, 3.63) is 47.5 Å². The molecule has 0 bridgehead atoms. The molecule has 0 amide bonds. The van der Waals surface area contributed by atoms with Crippen molar-refractivity contribution in [2.45, 2.75) is 26.1 Å². The maximum Gasteiger partial charge on any atom is 0.204 e. The molecule has 6 nitrogen and oxygen atoms in total. The SMILES string of the molecule is CON=C1c2c(cc(OC)c(OC)c2OCc2ccccc2)OC1(C)C. The Morgan fingerprint density at radius 2 is 1.73 bits per heavy atom. The first-order valence-corrected chi connectivity index (χ1v) is 8.28. The summed E-state index contributed by atoms with van der Waals surface area (Å²) in [5, 5.41) is 4.18. The Balaban J connectivity index is 2.12. The van der Waals surface area contributed by atoms with Gasteiger partial charge in [-0.15, -0.1) is 0 Å². The average Bonchev–Trinajstić information content (AvgIpc) is 2.89. The van der Waals surface area contributed by atoms with E-state index < -0.39 is 5.60 Å². The molecule has 0 radical (unpaired) electrons. The highest BCUT2D eigenvalue weighted by atomic mass is 16.6. The molecule has 3 rings (SSSR count). The second-order valence-electron chi connectivity index (χ2n) is 6.32. The lowest BCUT2D eigenvalue weighted by Gasteiger charge is -2.18. The second kappa shape index (κ2) is 7.15. The molecule has 1 aliphatic rings. The van der Waals surface area contributed by atoms with Gasteiger partial charge in [0.2, 0.25) is 5.75 Å². The van der Waals surface area contributed by atoms with Crippen molar-refractivity contribution in [2.75, 3.05) is 21.3 Å². The molecular weight excluding hydrogens is 334 g/mol. The van der Waals surface area contributed by atoms with Gasteiger partial charge in [-0.2, -0.15) is 0 Å². The van der Waals surface area contributed by atoms with Crippen LogP contribution in [0.1, 0.15) is 25.0 Å². The minimum Gasteiger partial charge on any atom is -0.493 e. The van der Waals surface area contributed by atoms with E-state index in [1.54, 1.807) is 20.3 Å². The number of ether oxygens (including phenoxy) is 4. The molecule has 0 spiro atoms. The summed E-state index contributed by atoms with van der Waals surface area (Å²) >= 11 is 0. The molecule has 0 fully saturated rings. The predicted molar refractivity (Wildman–Crippen MR) is 98.6 cm³/mol. The fraction of sp³-hybridized carbons (Fsp3) is 0.350. The lowest BCUT2D eigenvalue weighted by molar-refractivity contribution is 0.176. The summed E-state index contributed by atoms with van der Waals surface area (Å²) < 4.78 is 23.3. The van der Waals surface area contributed by atoms with Crippen molar-refractivity contribution < 1.29 is 23.8 Å². The fourth-order valence-electron chi connectivity index (χ4n) is 2.98. The molecule has 0 aromatic heterocycles. The Morgan fingerprint density at radius 1 is 1.00 bits per heavy atom. The summed E-state index contributed by atoms with van der Waals surface area (Å²) in [7, 11) is 4.66. The molecule has 0 atom stereocenters. The van der Waals surface area contributed by atoms with Crippen LogP contribution in [0.25, 0.3) is 0 Å². The van der Waals surface area contributed by atoms with Gasteiger partial charge in [-0.05, 0) is 19.4 Å². The molecule has 2 aromatic carbocycles. The van der Waals surface area contributed by atoms with Gasteiger partial charge in [0.15, 0.2) is 11.5 Å². The fourth-order valence-corrected chi connectivity index (χ4v) is 2.98. The van der Waals surface area contributed by atoms with Gasteiger partial charge in [0, 0.05) is 6.07 Å². The number of hydrogen-bond donors (Lipinski definition) is 0. The Morgan fingerprint density at radius 3 is 2.35 bits per heavy atom. The Labute approximate surface area is 153 Å². The summed E-state index contributed by atoms with van der Waals surface area (Å²) in [6, 6.07) is 11.7. The van der Waals surface area contributed by atoms with E-state index in [0.717, 1.165) is 5.56 Å². The largest absolute Gasteiger partial charge is 0.493 e. The summed E-state index contributed by atoms with van der Waals surface area (Å²) in [6.45, 7) is 4.22. The smallest absolute Gasteiger partial charge is 0.204 e. The number of rotatable bonds is 6. The van der Waals surface area contributed by atoms with E-state index in [4.69, 9.17) is 23.8 Å². The zero-order chi connectivity index (χ0) is 18.7. The third-order valence-electron chi connectivity index (χ3n) is 4.17. The number of nitrogens with zero attached hydrogens (tertiary/aromatic N) is 1. The van der Waals surface area contributed by atoms with Crippen LogP contribution in [0, 0.1) is 0 Å². The molecule has 26 heavy (non-hydrogen) atoms. The van der Waals surface area contributed by atoms with E-state index in [1.807, 2.05) is 44.2 Å². The highest BCUT2D eigenvalue weighted by Crippen LogP contribution is 2.50. The average molecular weight is 357 g/mol. The van der Waals surface area contributed by atoms with Gasteiger partial charge < -0.3 is 23.8 Å². The second-order valence-corrected chi connectivity index (χ2v) is 6.32. The monoisotopic (exact) mass is 357 g/mol. The summed E-state index contributed by atoms with van der Waals surface area (Å²) in [5.41, 5.74) is 1.72. The minimum atomic E-state index is -0.666. The first-order valence-electron chi connectivity index (χ1n) is 8.28. The van der Waals surface area contributed by atoms with Crippen molar-refractivity contribution in [3.63, 3.8) is 0 Å². The van der Waals surface area contributed by atoms with Gasteiger partial charge in [-0.25, -0.2) is 0 Å². The molecule has 1 aliphatic heterocycles. The third kappa shape index (κ3) is 3.14. The van der Waals surface area contributed by atoms with E-state index in [-0.39, 0.29) is 0 Å². The summed E-state index contributed by atoms with van der Waals surface area (Å²) in [6.07, 6.45) is 0. The van der Waals surface area contributed by atoms with Crippen molar-refractivity contribution in [1.82, 2.24) is 0 Å². The minimum absolute atomic E-state index is 0.373. The predicted octanol–water partition coefficient (Wildman–Crippen LogP) is 3.80. The topological polar surface area (TPSA) is 58.5 Å². The van der Waals surface area contributed by atoms with Crippen LogP contribution in [-0.2, 0) is 11.4 Å².